The molecule has 0 bridgehead atoms. The predicted molar refractivity (Wildman–Crippen MR) is 111 cm³/mol. The number of imide groups is 1. The van der Waals surface area contributed by atoms with Crippen molar-refractivity contribution in [3.8, 4) is 11.5 Å². The van der Waals surface area contributed by atoms with E-state index in [1.165, 1.54) is 0 Å². The Morgan fingerprint density at radius 2 is 1.97 bits per heavy atom. The zero-order chi connectivity index (χ0) is 21.7. The van der Waals surface area contributed by atoms with Gasteiger partial charge in [0.25, 0.3) is 5.91 Å². The van der Waals surface area contributed by atoms with Gasteiger partial charge >= 0.3 is 6.03 Å². The number of carbonyl (C=O) groups is 3. The first-order valence-electron chi connectivity index (χ1n) is 10.7. The van der Waals surface area contributed by atoms with Gasteiger partial charge in [-0.25, -0.2) is 4.79 Å². The number of nitrogens with one attached hydrogen (secondary N) is 2. The van der Waals surface area contributed by atoms with Crippen LogP contribution in [0.1, 0.15) is 52.0 Å². The minimum atomic E-state index is -1.26. The summed E-state index contributed by atoms with van der Waals surface area (Å²) >= 11 is 0. The van der Waals surface area contributed by atoms with E-state index >= 15 is 0 Å². The van der Waals surface area contributed by atoms with Crippen LogP contribution in [0.15, 0.2) is 18.2 Å². The summed E-state index contributed by atoms with van der Waals surface area (Å²) < 4.78 is 11.1. The van der Waals surface area contributed by atoms with Crippen molar-refractivity contribution in [3.63, 3.8) is 0 Å². The average molecular weight is 418 g/mol. The largest absolute Gasteiger partial charge is 0.486 e. The third-order valence-corrected chi connectivity index (χ3v) is 5.83. The molecule has 0 aromatic heterocycles. The van der Waals surface area contributed by atoms with Gasteiger partial charge in [-0.3, -0.25) is 14.5 Å². The Bertz CT molecular complexity index is 812. The SMILES string of the molecule is CCCC[C@H](CC)CNC(=O)CN1C(=O)N[C@@](C)(c2ccc3c(c2)OCCO3)C1=O. The fourth-order valence-corrected chi connectivity index (χ4v) is 3.79. The van der Waals surface area contributed by atoms with E-state index in [2.05, 4.69) is 24.5 Å². The minimum Gasteiger partial charge on any atom is -0.486 e. The van der Waals surface area contributed by atoms with Gasteiger partial charge in [0.05, 0.1) is 0 Å². The second-order valence-corrected chi connectivity index (χ2v) is 8.03. The molecule has 1 aromatic rings. The molecule has 2 aliphatic rings. The monoisotopic (exact) mass is 417 g/mol. The van der Waals surface area contributed by atoms with Crippen molar-refractivity contribution in [2.45, 2.75) is 52.0 Å². The number of amides is 4. The van der Waals surface area contributed by atoms with Crippen LogP contribution in [0.4, 0.5) is 4.79 Å². The lowest BCUT2D eigenvalue weighted by Gasteiger charge is -2.25. The summed E-state index contributed by atoms with van der Waals surface area (Å²) in [5, 5.41) is 5.59. The molecule has 2 aliphatic heterocycles. The van der Waals surface area contributed by atoms with Crippen LogP contribution < -0.4 is 20.1 Å². The Balaban J connectivity index is 1.65. The summed E-state index contributed by atoms with van der Waals surface area (Å²) in [5.41, 5.74) is -0.682. The first kappa shape index (κ1) is 21.9. The number of unbranched alkanes of at least 4 members (excludes halogenated alkanes) is 1. The third-order valence-electron chi connectivity index (χ3n) is 5.83. The first-order valence-corrected chi connectivity index (χ1v) is 10.7. The van der Waals surface area contributed by atoms with E-state index < -0.39 is 17.5 Å². The molecular weight excluding hydrogens is 386 g/mol. The van der Waals surface area contributed by atoms with Crippen LogP contribution in [0, 0.1) is 5.92 Å². The Hall–Kier alpha value is -2.77. The number of fused-ring (bicyclic) bond motifs is 1. The zero-order valence-electron chi connectivity index (χ0n) is 18.0. The highest BCUT2D eigenvalue weighted by atomic mass is 16.6. The highest BCUT2D eigenvalue weighted by molar-refractivity contribution is 6.09. The van der Waals surface area contributed by atoms with Crippen molar-refractivity contribution in [1.82, 2.24) is 15.5 Å². The van der Waals surface area contributed by atoms with Gasteiger partial charge in [0.2, 0.25) is 5.91 Å². The Morgan fingerprint density at radius 1 is 1.23 bits per heavy atom. The van der Waals surface area contributed by atoms with E-state index in [0.717, 1.165) is 30.6 Å². The van der Waals surface area contributed by atoms with Crippen LogP contribution in [0.2, 0.25) is 0 Å². The molecule has 2 N–H and O–H groups in total. The van der Waals surface area contributed by atoms with Crippen LogP contribution >= 0.6 is 0 Å². The van der Waals surface area contributed by atoms with E-state index in [0.29, 0.717) is 42.7 Å². The number of hydrogen-bond donors (Lipinski definition) is 2. The number of carbonyl (C=O) groups excluding carboxylic acids is 3. The lowest BCUT2D eigenvalue weighted by molar-refractivity contribution is -0.134. The molecule has 1 fully saturated rings. The van der Waals surface area contributed by atoms with Gasteiger partial charge in [0.1, 0.15) is 25.3 Å². The third kappa shape index (κ3) is 4.52. The van der Waals surface area contributed by atoms with Crippen LogP contribution in [0.25, 0.3) is 0 Å². The minimum absolute atomic E-state index is 0.297. The zero-order valence-corrected chi connectivity index (χ0v) is 18.0. The van der Waals surface area contributed by atoms with E-state index in [9.17, 15) is 14.4 Å². The van der Waals surface area contributed by atoms with Crippen molar-refractivity contribution < 1.29 is 23.9 Å². The average Bonchev–Trinajstić information content (AvgIpc) is 2.97. The Labute approximate surface area is 177 Å². The number of benzene rings is 1. The molecule has 0 aliphatic carbocycles. The topological polar surface area (TPSA) is 97.0 Å². The first-order chi connectivity index (χ1) is 14.4. The van der Waals surface area contributed by atoms with Crippen LogP contribution in [0.5, 0.6) is 11.5 Å². The van der Waals surface area contributed by atoms with E-state index in [1.807, 2.05) is 0 Å². The molecule has 8 heteroatoms. The smallest absolute Gasteiger partial charge is 0.325 e. The van der Waals surface area contributed by atoms with Crippen LogP contribution in [-0.4, -0.2) is 49.0 Å². The molecule has 1 saturated heterocycles. The lowest BCUT2D eigenvalue weighted by Crippen LogP contribution is -2.44. The second kappa shape index (κ2) is 9.36. The van der Waals surface area contributed by atoms with Gasteiger partial charge in [-0.2, -0.15) is 0 Å². The van der Waals surface area contributed by atoms with Gasteiger partial charge in [0, 0.05) is 6.54 Å². The normalized spacial score (nSPS) is 21.4. The molecule has 4 amide bonds. The maximum absolute atomic E-state index is 13.1. The van der Waals surface area contributed by atoms with Gasteiger partial charge in [-0.15, -0.1) is 0 Å². The maximum Gasteiger partial charge on any atom is 0.325 e. The van der Waals surface area contributed by atoms with Crippen molar-refractivity contribution in [2.75, 3.05) is 26.3 Å². The summed E-state index contributed by atoms with van der Waals surface area (Å²) in [6, 6.07) is 4.58. The Morgan fingerprint density at radius 3 is 2.67 bits per heavy atom. The van der Waals surface area contributed by atoms with Crippen molar-refractivity contribution >= 4 is 17.8 Å². The molecule has 0 spiro atoms. The van der Waals surface area contributed by atoms with Gasteiger partial charge in [-0.05, 0) is 37.0 Å². The quantitative estimate of drug-likeness (QED) is 0.602. The van der Waals surface area contributed by atoms with Crippen molar-refractivity contribution in [1.29, 1.82) is 0 Å². The van der Waals surface area contributed by atoms with E-state index in [-0.39, 0.29) is 12.5 Å². The molecule has 8 nitrogen and oxygen atoms in total. The standard InChI is InChI=1S/C22H31N3O5/c1-4-6-7-15(5-2)13-23-19(26)14-25-20(27)22(3,24-21(25)28)16-8-9-17-18(12-16)30-11-10-29-17/h8-9,12,15H,4-7,10-11,13-14H2,1-3H3,(H,23,26)(H,24,28)/t15-,22-/m0/s1. The van der Waals surface area contributed by atoms with Gasteiger partial charge in [0.15, 0.2) is 11.5 Å². The summed E-state index contributed by atoms with van der Waals surface area (Å²) in [6.07, 6.45) is 4.27. The van der Waals surface area contributed by atoms with Crippen LogP contribution in [0.3, 0.4) is 0 Å². The second-order valence-electron chi connectivity index (χ2n) is 8.03. The molecule has 2 heterocycles. The predicted octanol–water partition coefficient (Wildman–Crippen LogP) is 2.56. The van der Waals surface area contributed by atoms with Gasteiger partial charge < -0.3 is 20.1 Å². The van der Waals surface area contributed by atoms with Crippen LogP contribution in [-0.2, 0) is 15.1 Å². The molecule has 0 radical (unpaired) electrons. The fourth-order valence-electron chi connectivity index (χ4n) is 3.79. The van der Waals surface area contributed by atoms with E-state index in [1.54, 1.807) is 25.1 Å². The number of hydrogen-bond acceptors (Lipinski definition) is 5. The number of nitrogens with zero attached hydrogens (tertiary/aromatic N) is 1. The van der Waals surface area contributed by atoms with E-state index in [4.69, 9.17) is 9.47 Å². The molecule has 30 heavy (non-hydrogen) atoms. The summed E-state index contributed by atoms with van der Waals surface area (Å²) in [4.78, 5) is 38.9. The molecule has 3 rings (SSSR count). The fraction of sp³-hybridized carbons (Fsp3) is 0.591. The highest BCUT2D eigenvalue weighted by Crippen LogP contribution is 2.36. The molecule has 0 unspecified atom stereocenters. The van der Waals surface area contributed by atoms with Gasteiger partial charge in [-0.1, -0.05) is 39.2 Å². The lowest BCUT2D eigenvalue weighted by atomic mass is 9.91. The molecule has 164 valence electrons. The highest BCUT2D eigenvalue weighted by Gasteiger charge is 2.49. The molecular formula is C22H31N3O5. The maximum atomic E-state index is 13.1. The molecule has 0 saturated carbocycles. The number of ether oxygens (including phenoxy) is 2. The summed E-state index contributed by atoms with van der Waals surface area (Å²) in [6.45, 7) is 7.03. The molecule has 2 atom stereocenters. The number of urea groups is 1. The summed E-state index contributed by atoms with van der Waals surface area (Å²) in [5.74, 6) is 0.753. The van der Waals surface area contributed by atoms with Crippen molar-refractivity contribution in [2.24, 2.45) is 5.92 Å². The number of rotatable bonds is 9. The molecule has 1 aromatic carbocycles. The summed E-state index contributed by atoms with van der Waals surface area (Å²) in [7, 11) is 0. The van der Waals surface area contributed by atoms with Crippen molar-refractivity contribution in [3.05, 3.63) is 23.8 Å². The Kier molecular flexibility index (Phi) is 6.84.